The Morgan fingerprint density at radius 3 is 2.68 bits per heavy atom. The number of ether oxygens (including phenoxy) is 1. The summed E-state index contributed by atoms with van der Waals surface area (Å²) in [6.45, 7) is 4.03. The Labute approximate surface area is 158 Å². The van der Waals surface area contributed by atoms with Gasteiger partial charge in [0, 0.05) is 56.3 Å². The standard InChI is InChI=1S/C18H27BrN4O2/c1-20-18(23(2)12-14-8-11-25-13-14)22-10-3-9-21-17(24)15-4-6-16(19)7-5-15/h4-7,14H,3,8-13H2,1-2H3,(H,20,22)(H,21,24). The van der Waals surface area contributed by atoms with Crippen molar-refractivity contribution >= 4 is 27.8 Å². The minimum Gasteiger partial charge on any atom is -0.381 e. The van der Waals surface area contributed by atoms with E-state index in [0.717, 1.165) is 49.6 Å². The Kier molecular flexibility index (Phi) is 8.21. The van der Waals surface area contributed by atoms with Crippen molar-refractivity contribution in [3.8, 4) is 0 Å². The molecule has 25 heavy (non-hydrogen) atoms. The van der Waals surface area contributed by atoms with Crippen molar-refractivity contribution in [3.63, 3.8) is 0 Å². The van der Waals surface area contributed by atoms with E-state index < -0.39 is 0 Å². The molecule has 0 radical (unpaired) electrons. The lowest BCUT2D eigenvalue weighted by Crippen LogP contribution is -2.42. The molecule has 1 unspecified atom stereocenters. The molecule has 0 saturated carbocycles. The number of rotatable bonds is 7. The molecule has 6 nitrogen and oxygen atoms in total. The van der Waals surface area contributed by atoms with E-state index in [2.05, 4.69) is 36.5 Å². The maximum atomic E-state index is 12.0. The van der Waals surface area contributed by atoms with Gasteiger partial charge in [0.15, 0.2) is 5.96 Å². The van der Waals surface area contributed by atoms with Crippen LogP contribution in [0, 0.1) is 5.92 Å². The van der Waals surface area contributed by atoms with Crippen LogP contribution < -0.4 is 10.6 Å². The lowest BCUT2D eigenvalue weighted by molar-refractivity contribution is 0.0953. The van der Waals surface area contributed by atoms with E-state index in [4.69, 9.17) is 4.74 Å². The lowest BCUT2D eigenvalue weighted by Gasteiger charge is -2.24. The predicted octanol–water partition coefficient (Wildman–Crippen LogP) is 2.11. The summed E-state index contributed by atoms with van der Waals surface area (Å²) in [4.78, 5) is 18.5. The van der Waals surface area contributed by atoms with Crippen molar-refractivity contribution in [2.75, 3.05) is 46.9 Å². The van der Waals surface area contributed by atoms with E-state index in [0.29, 0.717) is 18.0 Å². The van der Waals surface area contributed by atoms with Crippen LogP contribution in [-0.2, 0) is 4.74 Å². The van der Waals surface area contributed by atoms with Gasteiger partial charge in [-0.1, -0.05) is 15.9 Å². The second-order valence-electron chi connectivity index (χ2n) is 6.20. The minimum atomic E-state index is -0.0461. The fourth-order valence-corrected chi connectivity index (χ4v) is 3.04. The Morgan fingerprint density at radius 2 is 2.04 bits per heavy atom. The van der Waals surface area contributed by atoms with Gasteiger partial charge >= 0.3 is 0 Å². The smallest absolute Gasteiger partial charge is 0.251 e. The molecule has 138 valence electrons. The first-order chi connectivity index (χ1) is 12.1. The summed E-state index contributed by atoms with van der Waals surface area (Å²) in [5.74, 6) is 1.41. The van der Waals surface area contributed by atoms with Gasteiger partial charge in [-0.2, -0.15) is 0 Å². The number of aliphatic imine (C=N–C) groups is 1. The average molecular weight is 411 g/mol. The molecule has 0 spiro atoms. The first-order valence-electron chi connectivity index (χ1n) is 8.63. The largest absolute Gasteiger partial charge is 0.381 e. The van der Waals surface area contributed by atoms with E-state index in [-0.39, 0.29) is 5.91 Å². The number of guanidine groups is 1. The number of nitrogens with one attached hydrogen (secondary N) is 2. The van der Waals surface area contributed by atoms with E-state index >= 15 is 0 Å². The highest BCUT2D eigenvalue weighted by Crippen LogP contribution is 2.13. The highest BCUT2D eigenvalue weighted by atomic mass is 79.9. The summed E-state index contributed by atoms with van der Waals surface area (Å²) < 4.78 is 6.39. The molecule has 7 heteroatoms. The maximum Gasteiger partial charge on any atom is 0.251 e. The molecule has 0 bridgehead atoms. The molecule has 1 fully saturated rings. The summed E-state index contributed by atoms with van der Waals surface area (Å²) in [5.41, 5.74) is 0.672. The van der Waals surface area contributed by atoms with Crippen LogP contribution in [0.3, 0.4) is 0 Å². The SMILES string of the molecule is CN=C(NCCCNC(=O)c1ccc(Br)cc1)N(C)CC1CCOC1. The Bertz CT molecular complexity index is 571. The molecular formula is C18H27BrN4O2. The number of carbonyl (C=O) groups is 1. The van der Waals surface area contributed by atoms with Crippen molar-refractivity contribution in [3.05, 3.63) is 34.3 Å². The zero-order valence-electron chi connectivity index (χ0n) is 14.9. The fraction of sp³-hybridized carbons (Fsp3) is 0.556. The average Bonchev–Trinajstić information content (AvgIpc) is 3.11. The monoisotopic (exact) mass is 410 g/mol. The van der Waals surface area contributed by atoms with Gasteiger partial charge < -0.3 is 20.3 Å². The minimum absolute atomic E-state index is 0.0461. The number of benzene rings is 1. The quantitative estimate of drug-likeness (QED) is 0.410. The highest BCUT2D eigenvalue weighted by Gasteiger charge is 2.18. The van der Waals surface area contributed by atoms with Gasteiger partial charge in [-0.3, -0.25) is 9.79 Å². The normalized spacial score (nSPS) is 17.4. The first-order valence-corrected chi connectivity index (χ1v) is 9.42. The van der Waals surface area contributed by atoms with Crippen molar-refractivity contribution in [1.82, 2.24) is 15.5 Å². The summed E-state index contributed by atoms with van der Waals surface area (Å²) in [6.07, 6.45) is 1.95. The number of hydrogen-bond donors (Lipinski definition) is 2. The molecule has 0 aromatic heterocycles. The van der Waals surface area contributed by atoms with Gasteiger partial charge in [-0.05, 0) is 37.1 Å². The van der Waals surface area contributed by atoms with Crippen LogP contribution >= 0.6 is 15.9 Å². The molecule has 1 aliphatic rings. The molecule has 2 N–H and O–H groups in total. The number of hydrogen-bond acceptors (Lipinski definition) is 3. The molecule has 1 amide bonds. The number of amides is 1. The van der Waals surface area contributed by atoms with Crippen LogP contribution in [-0.4, -0.2) is 63.7 Å². The van der Waals surface area contributed by atoms with Crippen molar-refractivity contribution in [2.24, 2.45) is 10.9 Å². The van der Waals surface area contributed by atoms with Gasteiger partial charge in [0.1, 0.15) is 0 Å². The van der Waals surface area contributed by atoms with E-state index in [1.807, 2.05) is 19.2 Å². The predicted molar refractivity (Wildman–Crippen MR) is 104 cm³/mol. The number of nitrogens with zero attached hydrogens (tertiary/aromatic N) is 2. The molecule has 1 aromatic carbocycles. The third-order valence-corrected chi connectivity index (χ3v) is 4.69. The fourth-order valence-electron chi connectivity index (χ4n) is 2.78. The van der Waals surface area contributed by atoms with E-state index in [9.17, 15) is 4.79 Å². The summed E-state index contributed by atoms with van der Waals surface area (Å²) in [6, 6.07) is 7.35. The van der Waals surface area contributed by atoms with Crippen molar-refractivity contribution < 1.29 is 9.53 Å². The van der Waals surface area contributed by atoms with Crippen LogP contribution in [0.15, 0.2) is 33.7 Å². The Balaban J connectivity index is 1.63. The summed E-state index contributed by atoms with van der Waals surface area (Å²) >= 11 is 3.36. The molecule has 2 rings (SSSR count). The van der Waals surface area contributed by atoms with Crippen LogP contribution in [0.2, 0.25) is 0 Å². The molecule has 1 aromatic rings. The van der Waals surface area contributed by atoms with Gasteiger partial charge in [-0.25, -0.2) is 0 Å². The Morgan fingerprint density at radius 1 is 1.32 bits per heavy atom. The van der Waals surface area contributed by atoms with E-state index in [1.54, 1.807) is 19.2 Å². The Hall–Kier alpha value is -1.60. The zero-order valence-corrected chi connectivity index (χ0v) is 16.5. The first kappa shape index (κ1) is 19.7. The second kappa shape index (κ2) is 10.4. The third kappa shape index (κ3) is 6.66. The van der Waals surface area contributed by atoms with Crippen LogP contribution in [0.5, 0.6) is 0 Å². The van der Waals surface area contributed by atoms with Gasteiger partial charge in [0.2, 0.25) is 0 Å². The molecular weight excluding hydrogens is 384 g/mol. The number of halogens is 1. The van der Waals surface area contributed by atoms with Crippen LogP contribution in [0.25, 0.3) is 0 Å². The molecule has 0 aliphatic carbocycles. The molecule has 1 atom stereocenters. The van der Waals surface area contributed by atoms with Crippen molar-refractivity contribution in [1.29, 1.82) is 0 Å². The number of carbonyl (C=O) groups excluding carboxylic acids is 1. The maximum absolute atomic E-state index is 12.0. The topological polar surface area (TPSA) is 66.0 Å². The molecule has 1 aliphatic heterocycles. The summed E-state index contributed by atoms with van der Waals surface area (Å²) in [5, 5.41) is 6.28. The molecule has 1 heterocycles. The van der Waals surface area contributed by atoms with Gasteiger partial charge in [0.25, 0.3) is 5.91 Å². The second-order valence-corrected chi connectivity index (χ2v) is 7.12. The zero-order chi connectivity index (χ0) is 18.1. The summed E-state index contributed by atoms with van der Waals surface area (Å²) in [7, 11) is 3.84. The van der Waals surface area contributed by atoms with Crippen LogP contribution in [0.4, 0.5) is 0 Å². The van der Waals surface area contributed by atoms with Crippen molar-refractivity contribution in [2.45, 2.75) is 12.8 Å². The van der Waals surface area contributed by atoms with Gasteiger partial charge in [-0.15, -0.1) is 0 Å². The lowest BCUT2D eigenvalue weighted by atomic mass is 10.1. The molecule has 1 saturated heterocycles. The highest BCUT2D eigenvalue weighted by molar-refractivity contribution is 9.10. The van der Waals surface area contributed by atoms with E-state index in [1.165, 1.54) is 0 Å². The van der Waals surface area contributed by atoms with Gasteiger partial charge in [0.05, 0.1) is 6.61 Å². The third-order valence-electron chi connectivity index (χ3n) is 4.16. The van der Waals surface area contributed by atoms with Crippen LogP contribution in [0.1, 0.15) is 23.2 Å².